The quantitative estimate of drug-likeness (QED) is 0.574. The van der Waals surface area contributed by atoms with Crippen LogP contribution in [0.1, 0.15) is 23.2 Å². The van der Waals surface area contributed by atoms with Gasteiger partial charge in [0, 0.05) is 23.9 Å². The van der Waals surface area contributed by atoms with Gasteiger partial charge in [0.15, 0.2) is 0 Å². The number of aliphatic imine (C=N–C) groups is 1. The number of rotatable bonds is 6. The van der Waals surface area contributed by atoms with Crippen molar-refractivity contribution in [1.29, 1.82) is 0 Å². The number of amides is 1. The predicted octanol–water partition coefficient (Wildman–Crippen LogP) is 3.22. The number of nitrogens with zero attached hydrogens (tertiary/aromatic N) is 1. The number of hydrogen-bond acceptors (Lipinski definition) is 5. The van der Waals surface area contributed by atoms with Crippen molar-refractivity contribution in [3.8, 4) is 11.5 Å². The zero-order chi connectivity index (χ0) is 20.6. The summed E-state index contributed by atoms with van der Waals surface area (Å²) in [5, 5.41) is 5.78. The van der Waals surface area contributed by atoms with E-state index in [1.54, 1.807) is 30.3 Å². The van der Waals surface area contributed by atoms with Gasteiger partial charge in [-0.1, -0.05) is 0 Å². The molecule has 1 fully saturated rings. The van der Waals surface area contributed by atoms with Crippen molar-refractivity contribution < 1.29 is 23.4 Å². The summed E-state index contributed by atoms with van der Waals surface area (Å²) in [6.07, 6.45) is 1.94. The molecule has 0 radical (unpaired) electrons. The summed E-state index contributed by atoms with van der Waals surface area (Å²) in [4.78, 5) is 17.3. The third-order valence-corrected chi connectivity index (χ3v) is 4.43. The Kier molecular flexibility index (Phi) is 7.02. The summed E-state index contributed by atoms with van der Waals surface area (Å²) < 4.78 is 29.2. The molecule has 3 rings (SSSR count). The van der Waals surface area contributed by atoms with Crippen LogP contribution in [0.2, 0.25) is 0 Å². The maximum absolute atomic E-state index is 13.2. The second-order valence-electron chi connectivity index (χ2n) is 6.51. The highest BCUT2D eigenvalue weighted by Gasteiger charge is 2.17. The molecule has 7 nitrogen and oxygen atoms in total. The summed E-state index contributed by atoms with van der Waals surface area (Å²) in [6.45, 7) is 1.13. The molecule has 8 heteroatoms. The van der Waals surface area contributed by atoms with E-state index in [2.05, 4.69) is 15.6 Å². The summed E-state index contributed by atoms with van der Waals surface area (Å²) in [5.41, 5.74) is 0.952. The fourth-order valence-electron chi connectivity index (χ4n) is 2.88. The molecule has 0 unspecified atom stereocenters. The van der Waals surface area contributed by atoms with E-state index >= 15 is 0 Å². The fraction of sp³-hybridized carbons (Fsp3) is 0.333. The van der Waals surface area contributed by atoms with E-state index in [0.717, 1.165) is 19.4 Å². The van der Waals surface area contributed by atoms with Gasteiger partial charge in [-0.25, -0.2) is 9.38 Å². The maximum Gasteiger partial charge on any atom is 0.258 e. The van der Waals surface area contributed by atoms with Crippen LogP contribution in [-0.2, 0) is 4.74 Å². The normalized spacial score (nSPS) is 16.4. The first kappa shape index (κ1) is 20.6. The van der Waals surface area contributed by atoms with Gasteiger partial charge in [0.05, 0.1) is 26.9 Å². The van der Waals surface area contributed by atoms with Crippen LogP contribution >= 0.6 is 0 Å². The van der Waals surface area contributed by atoms with E-state index in [0.29, 0.717) is 29.3 Å². The van der Waals surface area contributed by atoms with E-state index in [4.69, 9.17) is 14.2 Å². The van der Waals surface area contributed by atoms with Gasteiger partial charge in [0.2, 0.25) is 5.96 Å². The number of methoxy groups -OCH3 is 2. The Bertz CT molecular complexity index is 842. The van der Waals surface area contributed by atoms with Crippen LogP contribution in [-0.4, -0.2) is 45.3 Å². The lowest BCUT2D eigenvalue weighted by atomic mass is 10.2. The minimum Gasteiger partial charge on any atom is -0.497 e. The highest BCUT2D eigenvalue weighted by atomic mass is 19.1. The number of anilines is 1. The number of benzene rings is 2. The molecular formula is C21H24FN3O4. The maximum atomic E-state index is 13.2. The Morgan fingerprint density at radius 3 is 2.45 bits per heavy atom. The van der Waals surface area contributed by atoms with Crippen molar-refractivity contribution in [2.24, 2.45) is 4.99 Å². The van der Waals surface area contributed by atoms with Crippen LogP contribution < -0.4 is 20.1 Å². The minimum absolute atomic E-state index is 0.0221. The van der Waals surface area contributed by atoms with Gasteiger partial charge in [-0.3, -0.25) is 10.1 Å². The first-order chi connectivity index (χ1) is 14.1. The number of guanidine groups is 1. The molecule has 1 atom stereocenters. The van der Waals surface area contributed by atoms with E-state index in [9.17, 15) is 9.18 Å². The Morgan fingerprint density at radius 1 is 1.17 bits per heavy atom. The monoisotopic (exact) mass is 401 g/mol. The molecule has 29 heavy (non-hydrogen) atoms. The first-order valence-electron chi connectivity index (χ1n) is 9.30. The number of halogens is 1. The van der Waals surface area contributed by atoms with E-state index in [-0.39, 0.29) is 23.8 Å². The number of nitrogens with one attached hydrogen (secondary N) is 2. The van der Waals surface area contributed by atoms with Crippen LogP contribution in [0.25, 0.3) is 0 Å². The zero-order valence-electron chi connectivity index (χ0n) is 16.4. The van der Waals surface area contributed by atoms with Gasteiger partial charge < -0.3 is 19.5 Å². The van der Waals surface area contributed by atoms with E-state index in [1.165, 1.54) is 26.4 Å². The van der Waals surface area contributed by atoms with Crippen LogP contribution in [0.5, 0.6) is 11.5 Å². The average molecular weight is 401 g/mol. The highest BCUT2D eigenvalue weighted by Crippen LogP contribution is 2.22. The highest BCUT2D eigenvalue weighted by molar-refractivity contribution is 6.10. The second-order valence-corrected chi connectivity index (χ2v) is 6.51. The van der Waals surface area contributed by atoms with Crippen molar-refractivity contribution in [2.45, 2.75) is 18.9 Å². The largest absolute Gasteiger partial charge is 0.497 e. The van der Waals surface area contributed by atoms with Gasteiger partial charge in [-0.2, -0.15) is 0 Å². The number of carbonyl (C=O) groups excluding carboxylic acids is 1. The lowest BCUT2D eigenvalue weighted by molar-refractivity contribution is 0.0975. The van der Waals surface area contributed by atoms with Crippen LogP contribution in [0.3, 0.4) is 0 Å². The molecule has 1 aliphatic rings. The lowest BCUT2D eigenvalue weighted by Gasteiger charge is -2.14. The van der Waals surface area contributed by atoms with Crippen molar-refractivity contribution in [1.82, 2.24) is 5.32 Å². The standard InChI is InChI=1S/C21H24FN3O4/c1-27-18-10-14(11-19(12-18)28-2)20(26)25-21(23-13-17-4-3-9-29-17)24-16-7-5-15(22)6-8-16/h5-8,10-12,17H,3-4,9,13H2,1-2H3,(H2,23,24,25,26)/t17-/m1/s1. The van der Waals surface area contributed by atoms with E-state index < -0.39 is 0 Å². The lowest BCUT2D eigenvalue weighted by Crippen LogP contribution is -2.36. The summed E-state index contributed by atoms with van der Waals surface area (Å²) >= 11 is 0. The SMILES string of the molecule is COc1cc(OC)cc(C(=O)NC(=NC[C@H]2CCCO2)Nc2ccc(F)cc2)c1. The van der Waals surface area contributed by atoms with Crippen molar-refractivity contribution >= 4 is 17.6 Å². The summed E-state index contributed by atoms with van der Waals surface area (Å²) in [7, 11) is 3.03. The molecule has 2 aromatic carbocycles. The molecule has 1 heterocycles. The smallest absolute Gasteiger partial charge is 0.258 e. The molecule has 2 N–H and O–H groups in total. The zero-order valence-corrected chi connectivity index (χ0v) is 16.4. The first-order valence-corrected chi connectivity index (χ1v) is 9.30. The Balaban J connectivity index is 1.78. The Hall–Kier alpha value is -3.13. The molecule has 0 aromatic heterocycles. The van der Waals surface area contributed by atoms with E-state index in [1.807, 2.05) is 0 Å². The third-order valence-electron chi connectivity index (χ3n) is 4.43. The fourth-order valence-corrected chi connectivity index (χ4v) is 2.88. The van der Waals surface area contributed by atoms with Crippen LogP contribution in [0.15, 0.2) is 47.5 Å². The summed E-state index contributed by atoms with van der Waals surface area (Å²) in [5.74, 6) is 0.514. The molecule has 1 aliphatic heterocycles. The van der Waals surface area contributed by atoms with Crippen molar-refractivity contribution in [3.63, 3.8) is 0 Å². The molecule has 2 aromatic rings. The van der Waals surface area contributed by atoms with Gasteiger partial charge >= 0.3 is 0 Å². The molecular weight excluding hydrogens is 377 g/mol. The van der Waals surface area contributed by atoms with Gasteiger partial charge in [0.1, 0.15) is 17.3 Å². The molecule has 154 valence electrons. The van der Waals surface area contributed by atoms with Crippen LogP contribution in [0.4, 0.5) is 10.1 Å². The van der Waals surface area contributed by atoms with Gasteiger partial charge in [0.25, 0.3) is 5.91 Å². The van der Waals surface area contributed by atoms with Gasteiger partial charge in [-0.15, -0.1) is 0 Å². The van der Waals surface area contributed by atoms with Gasteiger partial charge in [-0.05, 0) is 49.2 Å². The van der Waals surface area contributed by atoms with Crippen molar-refractivity contribution in [2.75, 3.05) is 32.7 Å². The molecule has 0 bridgehead atoms. The Labute approximate surface area is 168 Å². The third kappa shape index (κ3) is 5.92. The average Bonchev–Trinajstić information content (AvgIpc) is 3.26. The minimum atomic E-state index is -0.386. The summed E-state index contributed by atoms with van der Waals surface area (Å²) in [6, 6.07) is 10.7. The molecule has 0 aliphatic carbocycles. The molecule has 1 amide bonds. The molecule has 0 spiro atoms. The molecule has 1 saturated heterocycles. The molecule has 0 saturated carbocycles. The topological polar surface area (TPSA) is 81.2 Å². The number of hydrogen-bond donors (Lipinski definition) is 2. The Morgan fingerprint density at radius 2 is 1.86 bits per heavy atom. The van der Waals surface area contributed by atoms with Crippen molar-refractivity contribution in [3.05, 3.63) is 53.8 Å². The number of ether oxygens (including phenoxy) is 3. The second kappa shape index (κ2) is 9.88. The van der Waals surface area contributed by atoms with Crippen LogP contribution in [0, 0.1) is 5.82 Å². The predicted molar refractivity (Wildman–Crippen MR) is 108 cm³/mol. The number of carbonyl (C=O) groups is 1.